The molecule has 498 valence electrons. The first-order valence-electron chi connectivity index (χ1n) is 31.7. The lowest BCUT2D eigenvalue weighted by Gasteiger charge is -2.39. The number of morpholine rings is 1. The molecule has 0 spiro atoms. The zero-order valence-electron chi connectivity index (χ0n) is 53.9. The summed E-state index contributed by atoms with van der Waals surface area (Å²) in [5, 5.41) is 40.6. The molecule has 6 saturated heterocycles. The number of alkyl halides is 1. The van der Waals surface area contributed by atoms with Gasteiger partial charge in [-0.25, -0.2) is 0 Å². The van der Waals surface area contributed by atoms with Gasteiger partial charge in [-0.15, -0.1) is 0 Å². The Kier molecular flexibility index (Phi) is 47.3. The Morgan fingerprint density at radius 2 is 1.09 bits per heavy atom. The Morgan fingerprint density at radius 3 is 1.53 bits per heavy atom. The number of rotatable bonds is 11. The van der Waals surface area contributed by atoms with Gasteiger partial charge in [-0.1, -0.05) is 7.43 Å². The zero-order chi connectivity index (χ0) is 61.9. The van der Waals surface area contributed by atoms with Crippen molar-refractivity contribution in [3.05, 3.63) is 30.1 Å². The molecule has 3 aliphatic carbocycles. The Balaban J connectivity index is 0.000000489. The van der Waals surface area contributed by atoms with E-state index in [4.69, 9.17) is 19.7 Å². The quantitative estimate of drug-likeness (QED) is 0.155. The van der Waals surface area contributed by atoms with E-state index in [9.17, 15) is 23.0 Å². The number of nitrogens with zero attached hydrogens (tertiary/aromatic N) is 6. The lowest BCUT2D eigenvalue weighted by Crippen LogP contribution is -2.59. The molecular weight excluding hydrogens is 1110 g/mol. The van der Waals surface area contributed by atoms with Gasteiger partial charge in [0, 0.05) is 169 Å². The molecular formula is C62H124FN13O8S. The molecule has 6 aliphatic heterocycles. The summed E-state index contributed by atoms with van der Waals surface area (Å²) in [6, 6.07) is 7.31. The minimum absolute atomic E-state index is 0. The van der Waals surface area contributed by atoms with Crippen molar-refractivity contribution < 1.29 is 42.7 Å². The van der Waals surface area contributed by atoms with Gasteiger partial charge in [-0.2, -0.15) is 0 Å². The number of piperidine rings is 2. The number of hydrogen-bond acceptors (Lipinski definition) is 19. The highest BCUT2D eigenvalue weighted by Gasteiger charge is 2.31. The number of carbonyl (C=O) groups is 3. The van der Waals surface area contributed by atoms with Gasteiger partial charge in [-0.05, 0) is 171 Å². The molecule has 23 heteroatoms. The number of aromatic nitrogens is 1. The Bertz CT molecular complexity index is 1760. The van der Waals surface area contributed by atoms with Crippen molar-refractivity contribution in [3.63, 3.8) is 0 Å². The number of carbonyl (C=O) groups excluding carboxylic acids is 3. The lowest BCUT2D eigenvalue weighted by atomic mass is 9.93. The second kappa shape index (κ2) is 50.1. The van der Waals surface area contributed by atoms with Gasteiger partial charge in [0.1, 0.15) is 5.78 Å². The van der Waals surface area contributed by atoms with Crippen molar-refractivity contribution in [3.8, 4) is 0 Å². The highest BCUT2D eigenvalue weighted by atomic mass is 32.2. The van der Waals surface area contributed by atoms with E-state index in [0.717, 1.165) is 173 Å². The first kappa shape index (κ1) is 80.3. The lowest BCUT2D eigenvalue weighted by molar-refractivity contribution is -0.136. The van der Waals surface area contributed by atoms with Crippen LogP contribution >= 0.6 is 0 Å². The highest BCUT2D eigenvalue weighted by molar-refractivity contribution is 7.85. The van der Waals surface area contributed by atoms with Crippen molar-refractivity contribution in [2.24, 2.45) is 0 Å². The molecule has 0 bridgehead atoms. The fourth-order valence-corrected chi connectivity index (χ4v) is 11.8. The zero-order valence-corrected chi connectivity index (χ0v) is 54.7. The van der Waals surface area contributed by atoms with Gasteiger partial charge >= 0.3 is 0 Å². The summed E-state index contributed by atoms with van der Waals surface area (Å²) in [7, 11) is 17.8. The number of halogens is 1. The Labute approximate surface area is 517 Å². The van der Waals surface area contributed by atoms with Crippen LogP contribution in [0.3, 0.4) is 0 Å². The third-order valence-electron chi connectivity index (χ3n) is 17.2. The minimum atomic E-state index is -0.503. The molecule has 7 heterocycles. The molecule has 1 aromatic heterocycles. The van der Waals surface area contributed by atoms with Gasteiger partial charge in [-0.3, -0.25) is 32.9 Å². The standard InChI is InChI=1S/C11H21N3O2.C10H13N3O.C8H17NO.C7H15NO.C7H13NO.C6H14N2.C6H13NO.C5H11NOS.CH3F.CH4/c1-12-10-8-14(9-10)11(15)2-3-13-4-6-16-7-5-13;1-11-9-6-13(7-9)10(14)8-3-2-4-12-5-8;1-9-7-3-5-8(10-2)6-4-7;2*1-8-6-2-4-7(9)5-3-6;1-7-6-2-4-8-5-3-6;1-7-4-2-6(8)3-5-7;1-6-2-4-8(7)5-3-6;1-2;/h10,12H,2-9H2,1H3;2-5,9,11H,6-7H2,1H3;7-9H,3-6H2,1-2H3;6-9H,2-5H2,1H3;6,8H,2-5H2,1H3;6-8H,2-5H2,1H3;6,8H,2-5H2,1H3;2-5H2,1H3;1H3;1H4. The molecule has 10 rings (SSSR count). The summed E-state index contributed by atoms with van der Waals surface area (Å²) in [6.45, 7) is 14.3. The van der Waals surface area contributed by atoms with Gasteiger partial charge < -0.3 is 76.5 Å². The van der Waals surface area contributed by atoms with Crippen LogP contribution in [0.5, 0.6) is 0 Å². The van der Waals surface area contributed by atoms with Crippen LogP contribution in [0.15, 0.2) is 24.5 Å². The van der Waals surface area contributed by atoms with E-state index in [1.165, 1.54) is 51.6 Å². The molecule has 9 N–H and O–H groups in total. The molecule has 9 aliphatic rings. The maximum absolute atomic E-state index is 11.8. The maximum Gasteiger partial charge on any atom is 0.255 e. The largest absolute Gasteiger partial charge is 0.393 e. The SMILES string of the molecule is C.CF.CN1CCC(O)CC1.CN1CCS(=O)CC1.CNC1CCC(=O)CC1.CNC1CCC(O)CC1.CNC1CCC(OC)CC1.CNC1CCNCC1.CNC1CN(C(=O)CCN2CCOCC2)C1.CNC1CN(C(=O)c2cccnc2)C1. The van der Waals surface area contributed by atoms with E-state index in [1.807, 2.05) is 59.2 Å². The molecule has 0 aromatic carbocycles. The predicted molar refractivity (Wildman–Crippen MR) is 347 cm³/mol. The Hall–Kier alpha value is -2.72. The third kappa shape index (κ3) is 36.5. The van der Waals surface area contributed by atoms with Crippen LogP contribution in [0.25, 0.3) is 0 Å². The molecule has 2 amide bonds. The van der Waals surface area contributed by atoms with Crippen molar-refractivity contribution in [1.29, 1.82) is 0 Å². The summed E-state index contributed by atoms with van der Waals surface area (Å²) < 4.78 is 30.7. The van der Waals surface area contributed by atoms with Crippen LogP contribution in [0.4, 0.5) is 4.39 Å². The molecule has 0 radical (unpaired) electrons. The van der Waals surface area contributed by atoms with Crippen molar-refractivity contribution in [2.75, 3.05) is 180 Å². The summed E-state index contributed by atoms with van der Waals surface area (Å²) in [6.07, 6.45) is 21.8. The molecule has 85 heavy (non-hydrogen) atoms. The van der Waals surface area contributed by atoms with Crippen LogP contribution in [0, 0.1) is 0 Å². The van der Waals surface area contributed by atoms with Crippen LogP contribution in [0.2, 0.25) is 0 Å². The number of Topliss-reactive ketones (excluding diaryl/α,β-unsaturated/α-hetero) is 1. The fourth-order valence-electron chi connectivity index (χ4n) is 10.6. The van der Waals surface area contributed by atoms with Crippen LogP contribution in [-0.2, 0) is 29.9 Å². The summed E-state index contributed by atoms with van der Waals surface area (Å²) >= 11 is 0. The molecule has 0 unspecified atom stereocenters. The minimum Gasteiger partial charge on any atom is -0.393 e. The summed E-state index contributed by atoms with van der Waals surface area (Å²) in [5.41, 5.74) is 0.669. The molecule has 1 aromatic rings. The molecule has 21 nitrogen and oxygen atoms in total. The summed E-state index contributed by atoms with van der Waals surface area (Å²) in [5.74, 6) is 2.54. The normalized spacial score (nSPS) is 24.6. The first-order chi connectivity index (χ1) is 40.6. The maximum atomic E-state index is 11.8. The van der Waals surface area contributed by atoms with E-state index >= 15 is 0 Å². The van der Waals surface area contributed by atoms with Crippen LogP contribution < -0.4 is 37.2 Å². The number of aliphatic hydroxyl groups excluding tert-OH is 2. The fraction of sp³-hybridized carbons (Fsp3) is 0.871. The molecule has 0 atom stereocenters. The third-order valence-corrected chi connectivity index (χ3v) is 18.5. The van der Waals surface area contributed by atoms with E-state index < -0.39 is 10.8 Å². The van der Waals surface area contributed by atoms with Gasteiger partial charge in [0.15, 0.2) is 0 Å². The monoisotopic (exact) mass is 1230 g/mol. The number of ketones is 1. The van der Waals surface area contributed by atoms with Crippen LogP contribution in [0.1, 0.15) is 127 Å². The van der Waals surface area contributed by atoms with E-state index in [0.29, 0.717) is 55.2 Å². The van der Waals surface area contributed by atoms with Crippen molar-refractivity contribution in [2.45, 2.75) is 171 Å². The second-order valence-corrected chi connectivity index (χ2v) is 25.0. The van der Waals surface area contributed by atoms with Crippen molar-refractivity contribution >= 4 is 28.4 Å². The number of amides is 2. The average molecular weight is 1230 g/mol. The van der Waals surface area contributed by atoms with E-state index in [-0.39, 0.29) is 31.4 Å². The van der Waals surface area contributed by atoms with Gasteiger partial charge in [0.05, 0.1) is 44.3 Å². The van der Waals surface area contributed by atoms with E-state index in [1.54, 1.807) is 24.5 Å². The number of nitrogens with one attached hydrogen (secondary N) is 7. The van der Waals surface area contributed by atoms with Crippen molar-refractivity contribution in [1.82, 2.24) is 66.7 Å². The number of ether oxygens (including phenoxy) is 2. The average Bonchev–Trinajstić information content (AvgIpc) is 3.55. The van der Waals surface area contributed by atoms with E-state index in [2.05, 4.69) is 71.0 Å². The first-order valence-corrected chi connectivity index (χ1v) is 33.1. The molecule has 9 fully saturated rings. The summed E-state index contributed by atoms with van der Waals surface area (Å²) in [4.78, 5) is 48.6. The highest BCUT2D eigenvalue weighted by Crippen LogP contribution is 2.21. The van der Waals surface area contributed by atoms with Gasteiger partial charge in [0.2, 0.25) is 5.91 Å². The predicted octanol–water partition coefficient (Wildman–Crippen LogP) is 2.59. The number of likely N-dealkylation sites (N-methyl/N-ethyl adjacent to an activating group) is 2. The number of aliphatic hydroxyl groups is 2. The smallest absolute Gasteiger partial charge is 0.255 e. The van der Waals surface area contributed by atoms with Gasteiger partial charge in [0.25, 0.3) is 5.91 Å². The Morgan fingerprint density at radius 1 is 0.647 bits per heavy atom. The second-order valence-electron chi connectivity index (χ2n) is 23.3. The topological polar surface area (TPSA) is 240 Å². The van der Waals surface area contributed by atoms with Crippen LogP contribution in [-0.4, -0.2) is 297 Å². The number of likely N-dealkylation sites (tertiary alicyclic amines) is 3. The number of methoxy groups -OCH3 is 1. The number of pyridine rings is 1. The number of hydrogen-bond donors (Lipinski definition) is 9. The molecule has 3 saturated carbocycles.